The van der Waals surface area contributed by atoms with Crippen LogP contribution in [-0.4, -0.2) is 47.9 Å². The van der Waals surface area contributed by atoms with Gasteiger partial charge in [-0.3, -0.25) is 9.69 Å². The molecule has 1 amide bonds. The van der Waals surface area contributed by atoms with E-state index in [2.05, 4.69) is 4.90 Å². The van der Waals surface area contributed by atoms with Gasteiger partial charge < -0.3 is 4.90 Å². The van der Waals surface area contributed by atoms with Crippen LogP contribution in [0.2, 0.25) is 0 Å². The van der Waals surface area contributed by atoms with Gasteiger partial charge in [0.1, 0.15) is 0 Å². The highest BCUT2D eigenvalue weighted by Gasteiger charge is 2.39. The van der Waals surface area contributed by atoms with E-state index in [-0.39, 0.29) is 5.91 Å². The average molecular weight is 252 g/mol. The van der Waals surface area contributed by atoms with Crippen LogP contribution in [0.3, 0.4) is 0 Å². The van der Waals surface area contributed by atoms with Gasteiger partial charge in [-0.25, -0.2) is 0 Å². The summed E-state index contributed by atoms with van der Waals surface area (Å²) in [4.78, 5) is 16.2. The van der Waals surface area contributed by atoms with Crippen molar-refractivity contribution in [2.24, 2.45) is 0 Å². The third-order valence-electron chi connectivity index (χ3n) is 4.88. The molecule has 1 saturated heterocycles. The van der Waals surface area contributed by atoms with Crippen molar-refractivity contribution >= 4 is 5.91 Å². The molecule has 0 aromatic heterocycles. The van der Waals surface area contributed by atoms with Crippen molar-refractivity contribution in [1.29, 1.82) is 0 Å². The van der Waals surface area contributed by atoms with E-state index in [4.69, 9.17) is 0 Å². The number of piperidine rings is 1. The Morgan fingerprint density at radius 2 is 1.61 bits per heavy atom. The lowest BCUT2D eigenvalue weighted by Crippen LogP contribution is -2.58. The average Bonchev–Trinajstić information content (AvgIpc) is 2.40. The number of carbonyl (C=O) groups is 1. The number of likely N-dealkylation sites (N-methyl/N-ethyl adjacent to an activating group) is 1. The fourth-order valence-electron chi connectivity index (χ4n) is 3.71. The van der Waals surface area contributed by atoms with E-state index < -0.39 is 0 Å². The summed E-state index contributed by atoms with van der Waals surface area (Å²) in [5, 5.41) is 0. The minimum atomic E-state index is 0.206. The van der Waals surface area contributed by atoms with Gasteiger partial charge in [-0.15, -0.1) is 0 Å². The van der Waals surface area contributed by atoms with E-state index in [0.29, 0.717) is 5.54 Å². The maximum absolute atomic E-state index is 11.5. The summed E-state index contributed by atoms with van der Waals surface area (Å²) >= 11 is 0. The molecule has 0 radical (unpaired) electrons. The van der Waals surface area contributed by atoms with Gasteiger partial charge in [-0.1, -0.05) is 25.7 Å². The number of amides is 1. The summed E-state index contributed by atoms with van der Waals surface area (Å²) in [5.41, 5.74) is 0.291. The van der Waals surface area contributed by atoms with Gasteiger partial charge in [-0.2, -0.15) is 0 Å². The van der Waals surface area contributed by atoms with E-state index in [1.807, 2.05) is 11.9 Å². The molecule has 18 heavy (non-hydrogen) atoms. The maximum Gasteiger partial charge on any atom is 0.219 e. The second-order valence-corrected chi connectivity index (χ2v) is 6.21. The van der Waals surface area contributed by atoms with Gasteiger partial charge in [-0.05, 0) is 38.8 Å². The van der Waals surface area contributed by atoms with Crippen LogP contribution in [0.25, 0.3) is 0 Å². The summed E-state index contributed by atoms with van der Waals surface area (Å²) in [5.74, 6) is 0.206. The molecule has 104 valence electrons. The van der Waals surface area contributed by atoms with Crippen LogP contribution >= 0.6 is 0 Å². The summed E-state index contributed by atoms with van der Waals surface area (Å²) in [6.07, 6.45) is 10.7. The third-order valence-corrected chi connectivity index (χ3v) is 4.88. The molecule has 0 aromatic rings. The number of nitrogens with zero attached hydrogens (tertiary/aromatic N) is 2. The topological polar surface area (TPSA) is 23.6 Å². The van der Waals surface area contributed by atoms with Crippen LogP contribution in [-0.2, 0) is 4.79 Å². The van der Waals surface area contributed by atoms with Crippen LogP contribution in [0.5, 0.6) is 0 Å². The van der Waals surface area contributed by atoms with E-state index in [9.17, 15) is 4.79 Å². The molecule has 0 N–H and O–H groups in total. The number of rotatable bonds is 3. The zero-order valence-electron chi connectivity index (χ0n) is 12.1. The summed E-state index contributed by atoms with van der Waals surface area (Å²) < 4.78 is 0. The van der Waals surface area contributed by atoms with Crippen molar-refractivity contribution in [2.75, 3.05) is 26.7 Å². The zero-order valence-corrected chi connectivity index (χ0v) is 12.1. The molecular formula is C15H28N2O. The van der Waals surface area contributed by atoms with Crippen molar-refractivity contribution in [2.45, 2.75) is 63.8 Å². The Bertz CT molecular complexity index is 278. The van der Waals surface area contributed by atoms with Crippen LogP contribution in [0.1, 0.15) is 58.3 Å². The molecule has 1 heterocycles. The highest BCUT2D eigenvalue weighted by atomic mass is 16.2. The number of likely N-dealkylation sites (tertiary alicyclic amines) is 1. The van der Waals surface area contributed by atoms with E-state index >= 15 is 0 Å². The molecule has 1 aliphatic heterocycles. The molecule has 0 spiro atoms. The Balaban J connectivity index is 2.08. The SMILES string of the molecule is CC(=O)N(C)CC1(N2CCCCC2)CCCCC1. The second-order valence-electron chi connectivity index (χ2n) is 6.21. The standard InChI is InChI=1S/C15H28N2O/c1-14(18)16(2)13-15(9-5-3-6-10-15)17-11-7-4-8-12-17/h3-13H2,1-2H3. The Hall–Kier alpha value is -0.570. The molecule has 2 rings (SSSR count). The lowest BCUT2D eigenvalue weighted by atomic mass is 9.79. The van der Waals surface area contributed by atoms with Gasteiger partial charge in [0, 0.05) is 26.1 Å². The fraction of sp³-hybridized carbons (Fsp3) is 0.933. The third kappa shape index (κ3) is 3.05. The molecule has 1 aliphatic carbocycles. The molecule has 0 aromatic carbocycles. The van der Waals surface area contributed by atoms with Crippen LogP contribution in [0.4, 0.5) is 0 Å². The second kappa shape index (κ2) is 6.05. The van der Waals surface area contributed by atoms with Crippen molar-refractivity contribution in [3.63, 3.8) is 0 Å². The first-order valence-corrected chi connectivity index (χ1v) is 7.61. The minimum Gasteiger partial charge on any atom is -0.344 e. The first-order valence-electron chi connectivity index (χ1n) is 7.61. The molecule has 0 bridgehead atoms. The van der Waals surface area contributed by atoms with Gasteiger partial charge in [0.2, 0.25) is 5.91 Å². The molecule has 0 atom stereocenters. The van der Waals surface area contributed by atoms with Crippen LogP contribution in [0.15, 0.2) is 0 Å². The Morgan fingerprint density at radius 3 is 2.17 bits per heavy atom. The highest BCUT2D eigenvalue weighted by molar-refractivity contribution is 5.72. The Labute approximate surface area is 112 Å². The first kappa shape index (κ1) is 13.9. The summed E-state index contributed by atoms with van der Waals surface area (Å²) in [6.45, 7) is 5.10. The number of carbonyl (C=O) groups excluding carboxylic acids is 1. The van der Waals surface area contributed by atoms with Crippen molar-refractivity contribution in [1.82, 2.24) is 9.80 Å². The van der Waals surface area contributed by atoms with Crippen molar-refractivity contribution in [3.05, 3.63) is 0 Å². The molecule has 1 saturated carbocycles. The lowest BCUT2D eigenvalue weighted by molar-refractivity contribution is -0.130. The van der Waals surface area contributed by atoms with Crippen molar-refractivity contribution in [3.8, 4) is 0 Å². The zero-order chi connectivity index (χ0) is 13.0. The predicted molar refractivity (Wildman–Crippen MR) is 74.6 cm³/mol. The highest BCUT2D eigenvalue weighted by Crippen LogP contribution is 2.36. The van der Waals surface area contributed by atoms with Gasteiger partial charge in [0.15, 0.2) is 0 Å². The van der Waals surface area contributed by atoms with Crippen LogP contribution < -0.4 is 0 Å². The van der Waals surface area contributed by atoms with E-state index in [1.165, 1.54) is 64.5 Å². The molecular weight excluding hydrogens is 224 g/mol. The Morgan fingerprint density at radius 1 is 1.06 bits per heavy atom. The van der Waals surface area contributed by atoms with Crippen molar-refractivity contribution < 1.29 is 4.79 Å². The van der Waals surface area contributed by atoms with Gasteiger partial charge >= 0.3 is 0 Å². The predicted octanol–water partition coefficient (Wildman–Crippen LogP) is 2.65. The molecule has 3 heteroatoms. The monoisotopic (exact) mass is 252 g/mol. The maximum atomic E-state index is 11.5. The fourth-order valence-corrected chi connectivity index (χ4v) is 3.71. The Kier molecular flexibility index (Phi) is 4.66. The molecule has 2 fully saturated rings. The molecule has 3 nitrogen and oxygen atoms in total. The summed E-state index contributed by atoms with van der Waals surface area (Å²) in [6, 6.07) is 0. The van der Waals surface area contributed by atoms with Gasteiger partial charge in [0.05, 0.1) is 0 Å². The lowest BCUT2D eigenvalue weighted by Gasteiger charge is -2.49. The quantitative estimate of drug-likeness (QED) is 0.771. The number of hydrogen-bond donors (Lipinski definition) is 0. The van der Waals surface area contributed by atoms with Gasteiger partial charge in [0.25, 0.3) is 0 Å². The molecule has 0 unspecified atom stereocenters. The normalized spacial score (nSPS) is 24.8. The van der Waals surface area contributed by atoms with E-state index in [1.54, 1.807) is 6.92 Å². The number of hydrogen-bond acceptors (Lipinski definition) is 2. The van der Waals surface area contributed by atoms with E-state index in [0.717, 1.165) is 6.54 Å². The smallest absolute Gasteiger partial charge is 0.219 e. The minimum absolute atomic E-state index is 0.206. The van der Waals surface area contributed by atoms with Crippen LogP contribution in [0, 0.1) is 0 Å². The molecule has 2 aliphatic rings. The summed E-state index contributed by atoms with van der Waals surface area (Å²) in [7, 11) is 1.96. The first-order chi connectivity index (χ1) is 8.64. The largest absolute Gasteiger partial charge is 0.344 e.